The molecule has 26 heavy (non-hydrogen) atoms. The molecular formula is C20H21N3O3. The molecule has 1 N–H and O–H groups in total. The Hall–Kier alpha value is -3.33. The van der Waals surface area contributed by atoms with Crippen molar-refractivity contribution in [1.29, 1.82) is 5.26 Å². The van der Waals surface area contributed by atoms with Crippen molar-refractivity contribution in [3.8, 4) is 11.8 Å². The van der Waals surface area contributed by atoms with Crippen LogP contribution in [0.1, 0.15) is 24.5 Å². The van der Waals surface area contributed by atoms with E-state index in [1.165, 1.54) is 6.92 Å². The lowest BCUT2D eigenvalue weighted by Crippen LogP contribution is -2.31. The van der Waals surface area contributed by atoms with Crippen LogP contribution in [0.5, 0.6) is 5.75 Å². The lowest BCUT2D eigenvalue weighted by atomic mass is 10.2. The SMILES string of the molecule is COc1ccc(CN(CCC(=O)Nc2cccc(C#N)c2)C(C)=O)cc1. The summed E-state index contributed by atoms with van der Waals surface area (Å²) in [5.41, 5.74) is 2.01. The van der Waals surface area contributed by atoms with E-state index >= 15 is 0 Å². The largest absolute Gasteiger partial charge is 0.497 e. The Labute approximate surface area is 153 Å². The minimum absolute atomic E-state index is 0.0971. The molecule has 6 nitrogen and oxygen atoms in total. The van der Waals surface area contributed by atoms with Gasteiger partial charge < -0.3 is 15.0 Å². The number of nitrogens with zero attached hydrogens (tertiary/aromatic N) is 2. The summed E-state index contributed by atoms with van der Waals surface area (Å²) in [7, 11) is 1.60. The molecule has 0 saturated carbocycles. The van der Waals surface area contributed by atoms with Crippen LogP contribution < -0.4 is 10.1 Å². The summed E-state index contributed by atoms with van der Waals surface area (Å²) in [5.74, 6) is 0.447. The highest BCUT2D eigenvalue weighted by atomic mass is 16.5. The molecule has 0 aromatic heterocycles. The van der Waals surface area contributed by atoms with Gasteiger partial charge in [-0.25, -0.2) is 0 Å². The number of nitriles is 1. The van der Waals surface area contributed by atoms with E-state index in [0.717, 1.165) is 11.3 Å². The maximum Gasteiger partial charge on any atom is 0.226 e. The van der Waals surface area contributed by atoms with Gasteiger partial charge in [0.15, 0.2) is 0 Å². The number of carbonyl (C=O) groups excluding carboxylic acids is 2. The van der Waals surface area contributed by atoms with Crippen LogP contribution in [0.3, 0.4) is 0 Å². The molecule has 2 rings (SSSR count). The van der Waals surface area contributed by atoms with Gasteiger partial charge in [-0.05, 0) is 35.9 Å². The first kappa shape index (κ1) is 19.0. The summed E-state index contributed by atoms with van der Waals surface area (Å²) in [6.45, 7) is 2.22. The Balaban J connectivity index is 1.91. The van der Waals surface area contributed by atoms with E-state index in [1.54, 1.807) is 36.3 Å². The lowest BCUT2D eigenvalue weighted by molar-refractivity contribution is -0.129. The molecule has 0 saturated heterocycles. The maximum atomic E-state index is 12.1. The number of carbonyl (C=O) groups is 2. The highest BCUT2D eigenvalue weighted by Crippen LogP contribution is 2.14. The Morgan fingerprint density at radius 2 is 1.92 bits per heavy atom. The number of amides is 2. The molecule has 2 amide bonds. The first-order valence-electron chi connectivity index (χ1n) is 8.20. The number of methoxy groups -OCH3 is 1. The maximum absolute atomic E-state index is 12.1. The second kappa shape index (κ2) is 9.23. The standard InChI is InChI=1S/C20H21N3O3/c1-15(24)23(14-16-6-8-19(26-2)9-7-16)11-10-20(25)22-18-5-3-4-17(12-18)13-21/h3-9,12H,10-11,14H2,1-2H3,(H,22,25). The van der Waals surface area contributed by atoms with Crippen molar-refractivity contribution in [3.63, 3.8) is 0 Å². The summed E-state index contributed by atoms with van der Waals surface area (Å²) >= 11 is 0. The predicted molar refractivity (Wildman–Crippen MR) is 98.5 cm³/mol. The monoisotopic (exact) mass is 351 g/mol. The fraction of sp³-hybridized carbons (Fsp3) is 0.250. The van der Waals surface area contributed by atoms with Crippen LogP contribution in [-0.2, 0) is 16.1 Å². The number of anilines is 1. The summed E-state index contributed by atoms with van der Waals surface area (Å²) in [4.78, 5) is 25.6. The van der Waals surface area contributed by atoms with Gasteiger partial charge >= 0.3 is 0 Å². The zero-order chi connectivity index (χ0) is 18.9. The third-order valence-corrected chi connectivity index (χ3v) is 3.86. The van der Waals surface area contributed by atoms with Crippen LogP contribution in [0, 0.1) is 11.3 Å². The smallest absolute Gasteiger partial charge is 0.226 e. The Morgan fingerprint density at radius 1 is 1.19 bits per heavy atom. The Morgan fingerprint density at radius 3 is 2.54 bits per heavy atom. The number of hydrogen-bond acceptors (Lipinski definition) is 4. The van der Waals surface area contributed by atoms with E-state index in [9.17, 15) is 9.59 Å². The molecule has 0 aliphatic heterocycles. The fourth-order valence-corrected chi connectivity index (χ4v) is 2.43. The van der Waals surface area contributed by atoms with Gasteiger partial charge in [-0.1, -0.05) is 18.2 Å². The zero-order valence-electron chi connectivity index (χ0n) is 14.9. The van der Waals surface area contributed by atoms with E-state index in [1.807, 2.05) is 30.3 Å². The topological polar surface area (TPSA) is 82.4 Å². The summed E-state index contributed by atoms with van der Waals surface area (Å²) in [5, 5.41) is 11.6. The van der Waals surface area contributed by atoms with Crippen molar-refractivity contribution >= 4 is 17.5 Å². The molecule has 0 bridgehead atoms. The molecule has 134 valence electrons. The van der Waals surface area contributed by atoms with E-state index in [-0.39, 0.29) is 18.2 Å². The average molecular weight is 351 g/mol. The second-order valence-electron chi connectivity index (χ2n) is 5.78. The average Bonchev–Trinajstić information content (AvgIpc) is 2.65. The van der Waals surface area contributed by atoms with E-state index < -0.39 is 0 Å². The molecule has 6 heteroatoms. The molecule has 0 atom stereocenters. The van der Waals surface area contributed by atoms with Crippen molar-refractivity contribution in [2.45, 2.75) is 19.9 Å². The number of benzene rings is 2. The highest BCUT2D eigenvalue weighted by Gasteiger charge is 2.12. The zero-order valence-corrected chi connectivity index (χ0v) is 14.9. The number of rotatable bonds is 7. The number of ether oxygens (including phenoxy) is 1. The van der Waals surface area contributed by atoms with Crippen LogP contribution in [0.2, 0.25) is 0 Å². The van der Waals surface area contributed by atoms with Crippen molar-refractivity contribution < 1.29 is 14.3 Å². The van der Waals surface area contributed by atoms with Crippen LogP contribution in [0.25, 0.3) is 0 Å². The van der Waals surface area contributed by atoms with Crippen LogP contribution in [-0.4, -0.2) is 30.4 Å². The third kappa shape index (κ3) is 5.64. The first-order valence-corrected chi connectivity index (χ1v) is 8.20. The molecule has 0 spiro atoms. The van der Waals surface area contributed by atoms with E-state index in [4.69, 9.17) is 10.00 Å². The van der Waals surface area contributed by atoms with Crippen LogP contribution in [0.15, 0.2) is 48.5 Å². The minimum Gasteiger partial charge on any atom is -0.497 e. The Bertz CT molecular complexity index is 810. The summed E-state index contributed by atoms with van der Waals surface area (Å²) in [6, 6.07) is 16.2. The lowest BCUT2D eigenvalue weighted by Gasteiger charge is -2.21. The van der Waals surface area contributed by atoms with Gasteiger partial charge in [0, 0.05) is 32.1 Å². The number of hydrogen-bond donors (Lipinski definition) is 1. The number of nitrogens with one attached hydrogen (secondary N) is 1. The second-order valence-corrected chi connectivity index (χ2v) is 5.78. The van der Waals surface area contributed by atoms with E-state index in [0.29, 0.717) is 24.3 Å². The molecule has 0 radical (unpaired) electrons. The fourth-order valence-electron chi connectivity index (χ4n) is 2.43. The van der Waals surface area contributed by atoms with Crippen molar-refractivity contribution in [2.24, 2.45) is 0 Å². The van der Waals surface area contributed by atoms with Gasteiger partial charge in [-0.3, -0.25) is 9.59 Å². The molecule has 0 aliphatic carbocycles. The molecular weight excluding hydrogens is 330 g/mol. The molecule has 0 heterocycles. The van der Waals surface area contributed by atoms with Gasteiger partial charge in [0.25, 0.3) is 0 Å². The van der Waals surface area contributed by atoms with Gasteiger partial charge in [-0.2, -0.15) is 5.26 Å². The van der Waals surface area contributed by atoms with Crippen LogP contribution >= 0.6 is 0 Å². The normalized spacial score (nSPS) is 9.88. The first-order chi connectivity index (χ1) is 12.5. The highest BCUT2D eigenvalue weighted by molar-refractivity contribution is 5.91. The quantitative estimate of drug-likeness (QED) is 0.831. The van der Waals surface area contributed by atoms with Crippen LogP contribution in [0.4, 0.5) is 5.69 Å². The van der Waals surface area contributed by atoms with Crippen molar-refractivity contribution in [3.05, 3.63) is 59.7 Å². The third-order valence-electron chi connectivity index (χ3n) is 3.86. The van der Waals surface area contributed by atoms with Gasteiger partial charge in [0.1, 0.15) is 5.75 Å². The van der Waals surface area contributed by atoms with Gasteiger partial charge in [0.2, 0.25) is 11.8 Å². The van der Waals surface area contributed by atoms with E-state index in [2.05, 4.69) is 5.32 Å². The molecule has 2 aromatic rings. The molecule has 2 aromatic carbocycles. The summed E-state index contributed by atoms with van der Waals surface area (Å²) in [6.07, 6.45) is 0.173. The van der Waals surface area contributed by atoms with Gasteiger partial charge in [-0.15, -0.1) is 0 Å². The minimum atomic E-state index is -0.207. The molecule has 0 unspecified atom stereocenters. The van der Waals surface area contributed by atoms with Crippen molar-refractivity contribution in [2.75, 3.05) is 19.0 Å². The summed E-state index contributed by atoms with van der Waals surface area (Å²) < 4.78 is 5.12. The van der Waals surface area contributed by atoms with Gasteiger partial charge in [0.05, 0.1) is 18.7 Å². The Kier molecular flexibility index (Phi) is 6.75. The molecule has 0 aliphatic rings. The van der Waals surface area contributed by atoms with Crippen molar-refractivity contribution in [1.82, 2.24) is 4.90 Å². The molecule has 0 fully saturated rings. The predicted octanol–water partition coefficient (Wildman–Crippen LogP) is 2.94.